The molecule has 0 radical (unpaired) electrons. The summed E-state index contributed by atoms with van der Waals surface area (Å²) in [6.07, 6.45) is 1.09. The molecule has 5 nitrogen and oxygen atoms in total. The Labute approximate surface area is 99.6 Å². The second-order valence-electron chi connectivity index (χ2n) is 3.67. The Kier molecular flexibility index (Phi) is 4.79. The van der Waals surface area contributed by atoms with Gasteiger partial charge in [-0.15, -0.1) is 12.4 Å². The fourth-order valence-electron chi connectivity index (χ4n) is 1.65. The molecule has 1 aromatic rings. The number of hydrogen-bond acceptors (Lipinski definition) is 4. The van der Waals surface area contributed by atoms with Gasteiger partial charge in [-0.05, 0) is 12.1 Å². The van der Waals surface area contributed by atoms with Crippen LogP contribution in [-0.2, 0) is 0 Å². The van der Waals surface area contributed by atoms with E-state index in [0.29, 0.717) is 18.8 Å². The van der Waals surface area contributed by atoms with Gasteiger partial charge in [-0.1, -0.05) is 0 Å². The number of rotatable bonds is 3. The number of carbonyl (C=O) groups excluding carboxylic acids is 1. The van der Waals surface area contributed by atoms with Gasteiger partial charge in [-0.2, -0.15) is 0 Å². The number of nitrogens with one attached hydrogen (secondary N) is 2. The van der Waals surface area contributed by atoms with E-state index in [1.165, 1.54) is 6.26 Å². The van der Waals surface area contributed by atoms with Crippen LogP contribution in [-0.4, -0.2) is 36.8 Å². The Morgan fingerprint density at radius 1 is 1.62 bits per heavy atom. The third kappa shape index (κ3) is 2.98. The second kappa shape index (κ2) is 5.89. The Morgan fingerprint density at radius 2 is 2.44 bits per heavy atom. The fourth-order valence-corrected chi connectivity index (χ4v) is 1.65. The van der Waals surface area contributed by atoms with Crippen LogP contribution in [0.25, 0.3) is 0 Å². The van der Waals surface area contributed by atoms with E-state index in [-0.39, 0.29) is 30.3 Å². The topological polar surface area (TPSA) is 74.5 Å². The number of β-amino-alcohol motifs (C(OH)–C–C–N with tert-alkyl or cyclic N) is 1. The molecule has 0 spiro atoms. The predicted octanol–water partition coefficient (Wildman–Crippen LogP) is 0.0115. The van der Waals surface area contributed by atoms with E-state index in [1.807, 2.05) is 0 Å². The van der Waals surface area contributed by atoms with Crippen molar-refractivity contribution in [2.75, 3.05) is 19.6 Å². The van der Waals surface area contributed by atoms with E-state index in [1.54, 1.807) is 12.1 Å². The molecule has 1 fully saturated rings. The minimum absolute atomic E-state index is 0. The van der Waals surface area contributed by atoms with Crippen molar-refractivity contribution >= 4 is 18.3 Å². The number of furan rings is 1. The van der Waals surface area contributed by atoms with E-state index in [0.717, 1.165) is 6.54 Å². The Bertz CT molecular complexity index is 329. The van der Waals surface area contributed by atoms with Gasteiger partial charge in [0.05, 0.1) is 12.4 Å². The van der Waals surface area contributed by atoms with Gasteiger partial charge in [0.1, 0.15) is 0 Å². The number of aliphatic hydroxyl groups excluding tert-OH is 1. The Morgan fingerprint density at radius 3 is 3.00 bits per heavy atom. The molecular weight excluding hydrogens is 232 g/mol. The second-order valence-corrected chi connectivity index (χ2v) is 3.67. The van der Waals surface area contributed by atoms with Crippen LogP contribution < -0.4 is 10.6 Å². The van der Waals surface area contributed by atoms with Gasteiger partial charge in [-0.3, -0.25) is 4.79 Å². The summed E-state index contributed by atoms with van der Waals surface area (Å²) in [7, 11) is 0. The first-order valence-electron chi connectivity index (χ1n) is 4.98. The van der Waals surface area contributed by atoms with Crippen molar-refractivity contribution in [1.82, 2.24) is 10.6 Å². The molecule has 2 unspecified atom stereocenters. The molecule has 0 aliphatic carbocycles. The van der Waals surface area contributed by atoms with Gasteiger partial charge < -0.3 is 20.2 Å². The first-order chi connectivity index (χ1) is 7.27. The van der Waals surface area contributed by atoms with Gasteiger partial charge in [0.15, 0.2) is 5.76 Å². The first-order valence-corrected chi connectivity index (χ1v) is 4.98. The number of hydrogen-bond donors (Lipinski definition) is 3. The summed E-state index contributed by atoms with van der Waals surface area (Å²) in [5.74, 6) is 0.151. The lowest BCUT2D eigenvalue weighted by Crippen LogP contribution is -2.34. The first kappa shape index (κ1) is 13.0. The lowest BCUT2D eigenvalue weighted by atomic mass is 10.1. The molecule has 1 saturated heterocycles. The summed E-state index contributed by atoms with van der Waals surface area (Å²) in [6, 6.07) is 3.28. The molecule has 1 aliphatic heterocycles. The molecule has 1 amide bonds. The van der Waals surface area contributed by atoms with Crippen molar-refractivity contribution in [2.24, 2.45) is 5.92 Å². The van der Waals surface area contributed by atoms with Gasteiger partial charge in [0.2, 0.25) is 0 Å². The van der Waals surface area contributed by atoms with Crippen LogP contribution in [0.2, 0.25) is 0 Å². The molecular formula is C10H15ClN2O3. The van der Waals surface area contributed by atoms with E-state index in [9.17, 15) is 9.90 Å². The van der Waals surface area contributed by atoms with E-state index in [2.05, 4.69) is 10.6 Å². The van der Waals surface area contributed by atoms with E-state index >= 15 is 0 Å². The summed E-state index contributed by atoms with van der Waals surface area (Å²) in [4.78, 5) is 11.5. The standard InChI is InChI=1S/C10H14N2O3.ClH/c13-8-6-11-4-7(8)5-12-10(14)9-2-1-3-15-9;/h1-3,7-8,11,13H,4-6H2,(H,12,14);1H. The molecule has 1 aliphatic rings. The molecule has 3 N–H and O–H groups in total. The maximum atomic E-state index is 11.5. The minimum atomic E-state index is -0.373. The van der Waals surface area contributed by atoms with Crippen molar-refractivity contribution in [2.45, 2.75) is 6.10 Å². The molecule has 0 saturated carbocycles. The van der Waals surface area contributed by atoms with Crippen LogP contribution in [0.15, 0.2) is 22.8 Å². The third-order valence-corrected chi connectivity index (χ3v) is 2.57. The van der Waals surface area contributed by atoms with Crippen LogP contribution in [0.3, 0.4) is 0 Å². The normalized spacial score (nSPS) is 23.8. The van der Waals surface area contributed by atoms with E-state index in [4.69, 9.17) is 4.42 Å². The van der Waals surface area contributed by atoms with Crippen molar-refractivity contribution in [3.05, 3.63) is 24.2 Å². The van der Waals surface area contributed by atoms with Crippen molar-refractivity contribution < 1.29 is 14.3 Å². The molecule has 0 bridgehead atoms. The predicted molar refractivity (Wildman–Crippen MR) is 60.7 cm³/mol. The number of halogens is 1. The Hall–Kier alpha value is -1.04. The molecule has 16 heavy (non-hydrogen) atoms. The average molecular weight is 247 g/mol. The minimum Gasteiger partial charge on any atom is -0.459 e. The molecule has 0 aromatic carbocycles. The largest absolute Gasteiger partial charge is 0.459 e. The van der Waals surface area contributed by atoms with Crippen LogP contribution in [0.1, 0.15) is 10.6 Å². The molecule has 1 aromatic heterocycles. The van der Waals surface area contributed by atoms with Crippen LogP contribution in [0, 0.1) is 5.92 Å². The highest BCUT2D eigenvalue weighted by Gasteiger charge is 2.25. The zero-order valence-electron chi connectivity index (χ0n) is 8.68. The van der Waals surface area contributed by atoms with Crippen molar-refractivity contribution in [3.63, 3.8) is 0 Å². The molecule has 2 rings (SSSR count). The third-order valence-electron chi connectivity index (χ3n) is 2.57. The molecule has 2 atom stereocenters. The van der Waals surface area contributed by atoms with Gasteiger partial charge >= 0.3 is 0 Å². The van der Waals surface area contributed by atoms with Crippen LogP contribution in [0.4, 0.5) is 0 Å². The van der Waals surface area contributed by atoms with Gasteiger partial charge in [0.25, 0.3) is 5.91 Å². The molecule has 6 heteroatoms. The molecule has 2 heterocycles. The van der Waals surface area contributed by atoms with Crippen molar-refractivity contribution in [1.29, 1.82) is 0 Å². The van der Waals surface area contributed by atoms with Crippen LogP contribution in [0.5, 0.6) is 0 Å². The van der Waals surface area contributed by atoms with E-state index < -0.39 is 0 Å². The average Bonchev–Trinajstić information content (AvgIpc) is 2.85. The number of carbonyl (C=O) groups is 1. The van der Waals surface area contributed by atoms with Crippen molar-refractivity contribution in [3.8, 4) is 0 Å². The summed E-state index contributed by atoms with van der Waals surface area (Å²) in [5, 5.41) is 15.3. The summed E-state index contributed by atoms with van der Waals surface area (Å²) in [5.41, 5.74) is 0. The van der Waals surface area contributed by atoms with Crippen LogP contribution >= 0.6 is 12.4 Å². The highest BCUT2D eigenvalue weighted by Crippen LogP contribution is 2.07. The summed E-state index contributed by atoms with van der Waals surface area (Å²) >= 11 is 0. The highest BCUT2D eigenvalue weighted by atomic mass is 35.5. The zero-order valence-corrected chi connectivity index (χ0v) is 9.50. The lowest BCUT2D eigenvalue weighted by Gasteiger charge is -2.13. The molecule has 90 valence electrons. The number of amides is 1. The quantitative estimate of drug-likeness (QED) is 0.703. The smallest absolute Gasteiger partial charge is 0.286 e. The maximum Gasteiger partial charge on any atom is 0.286 e. The highest BCUT2D eigenvalue weighted by molar-refractivity contribution is 5.91. The fraction of sp³-hybridized carbons (Fsp3) is 0.500. The lowest BCUT2D eigenvalue weighted by molar-refractivity contribution is 0.0900. The summed E-state index contributed by atoms with van der Waals surface area (Å²) in [6.45, 7) is 1.80. The SMILES string of the molecule is Cl.O=C(NCC1CNCC1O)c1ccco1. The number of aliphatic hydroxyl groups is 1. The zero-order chi connectivity index (χ0) is 10.7. The summed E-state index contributed by atoms with van der Waals surface area (Å²) < 4.78 is 4.95. The monoisotopic (exact) mass is 246 g/mol. The van der Waals surface area contributed by atoms with Gasteiger partial charge in [0, 0.05) is 25.6 Å². The Balaban J connectivity index is 0.00000128. The van der Waals surface area contributed by atoms with Gasteiger partial charge in [-0.25, -0.2) is 0 Å². The maximum absolute atomic E-state index is 11.5.